The molecule has 4 amide bonds. The average Bonchev–Trinajstić information content (AvgIpc) is 3.18. The Morgan fingerprint density at radius 2 is 2.26 bits per heavy atom. The van der Waals surface area contributed by atoms with Crippen LogP contribution in [0.2, 0.25) is 0 Å². The van der Waals surface area contributed by atoms with Crippen molar-refractivity contribution in [2.45, 2.75) is 18.8 Å². The number of furan rings is 1. The molecular formula is C13H14FN5O4. The molecule has 1 aromatic rings. The summed E-state index contributed by atoms with van der Waals surface area (Å²) in [7, 11) is 1.34. The molecule has 1 N–H and O–H groups in total. The van der Waals surface area contributed by atoms with Gasteiger partial charge in [-0.1, -0.05) is 9.60 Å². The summed E-state index contributed by atoms with van der Waals surface area (Å²) in [5, 5.41) is 2.16. The van der Waals surface area contributed by atoms with Crippen LogP contribution < -0.4 is 5.32 Å². The minimum absolute atomic E-state index is 0.188. The fraction of sp³-hybridized carbons (Fsp3) is 0.385. The Balaban J connectivity index is 1.63. The first kappa shape index (κ1) is 15.0. The van der Waals surface area contributed by atoms with E-state index < -0.39 is 29.3 Å². The first-order chi connectivity index (χ1) is 11.0. The highest BCUT2D eigenvalue weighted by Crippen LogP contribution is 2.25. The van der Waals surface area contributed by atoms with Crippen molar-refractivity contribution in [3.63, 3.8) is 0 Å². The number of fused-ring (bicyclic) bond motifs is 1. The quantitative estimate of drug-likeness (QED) is 0.768. The number of hydrogen-bond donors (Lipinski definition) is 1. The van der Waals surface area contributed by atoms with Crippen molar-refractivity contribution in [3.05, 3.63) is 24.2 Å². The molecule has 2 aliphatic heterocycles. The van der Waals surface area contributed by atoms with Crippen LogP contribution in [-0.2, 0) is 16.1 Å². The molecule has 3 rings (SSSR count). The Bertz CT molecular complexity index is 661. The zero-order valence-corrected chi connectivity index (χ0v) is 12.2. The topological polar surface area (TPSA) is 98.5 Å². The Morgan fingerprint density at radius 3 is 2.96 bits per heavy atom. The smallest absolute Gasteiger partial charge is 0.357 e. The van der Waals surface area contributed by atoms with E-state index in [1.165, 1.54) is 24.5 Å². The third-order valence-electron chi connectivity index (χ3n) is 3.69. The Kier molecular flexibility index (Phi) is 3.72. The number of nitrogens with one attached hydrogen (secondary N) is 1. The van der Waals surface area contributed by atoms with Crippen LogP contribution >= 0.6 is 0 Å². The van der Waals surface area contributed by atoms with E-state index in [1.807, 2.05) is 0 Å². The molecule has 0 aromatic carbocycles. The summed E-state index contributed by atoms with van der Waals surface area (Å²) in [5.74, 6) is -0.832. The van der Waals surface area contributed by atoms with Gasteiger partial charge in [-0.2, -0.15) is 0 Å². The SMILES string of the molecule is CN1C(=O)N(F)C(=O)C2C1N=CN2CC(=O)NCc1ccco1. The molecule has 9 nitrogen and oxygen atoms in total. The van der Waals surface area contributed by atoms with Gasteiger partial charge in [0.05, 0.1) is 25.7 Å². The summed E-state index contributed by atoms with van der Waals surface area (Å²) >= 11 is 0. The van der Waals surface area contributed by atoms with Gasteiger partial charge in [-0.25, -0.2) is 9.79 Å². The van der Waals surface area contributed by atoms with E-state index in [4.69, 9.17) is 4.42 Å². The first-order valence-electron chi connectivity index (χ1n) is 6.83. The maximum Gasteiger partial charge on any atom is 0.357 e. The van der Waals surface area contributed by atoms with Gasteiger partial charge in [-0.15, -0.1) is 0 Å². The van der Waals surface area contributed by atoms with Gasteiger partial charge in [0.2, 0.25) is 5.91 Å². The van der Waals surface area contributed by atoms with Gasteiger partial charge in [0.15, 0.2) is 12.2 Å². The molecule has 1 fully saturated rings. The van der Waals surface area contributed by atoms with Crippen LogP contribution in [0.4, 0.5) is 9.28 Å². The normalized spacial score (nSPS) is 23.5. The lowest BCUT2D eigenvalue weighted by molar-refractivity contribution is -0.151. The minimum Gasteiger partial charge on any atom is -0.467 e. The first-order valence-corrected chi connectivity index (χ1v) is 6.83. The number of halogens is 1. The summed E-state index contributed by atoms with van der Waals surface area (Å²) in [4.78, 5) is 41.7. The maximum atomic E-state index is 13.6. The van der Waals surface area contributed by atoms with Crippen molar-refractivity contribution in [1.82, 2.24) is 20.2 Å². The lowest BCUT2D eigenvalue weighted by Gasteiger charge is -2.37. The van der Waals surface area contributed by atoms with E-state index >= 15 is 0 Å². The van der Waals surface area contributed by atoms with Gasteiger partial charge < -0.3 is 19.5 Å². The van der Waals surface area contributed by atoms with Crippen molar-refractivity contribution in [2.75, 3.05) is 13.6 Å². The van der Waals surface area contributed by atoms with Crippen LogP contribution in [0.1, 0.15) is 5.76 Å². The highest BCUT2D eigenvalue weighted by Gasteiger charge is 2.50. The molecular weight excluding hydrogens is 309 g/mol. The predicted octanol–water partition coefficient (Wildman–Crippen LogP) is -0.287. The third-order valence-corrected chi connectivity index (χ3v) is 3.69. The van der Waals surface area contributed by atoms with E-state index in [9.17, 15) is 18.9 Å². The molecule has 3 heterocycles. The number of aliphatic imine (C=N–C) groups is 1. The molecule has 0 aliphatic carbocycles. The number of likely N-dealkylation sites (N-methyl/N-ethyl adjacent to an activating group) is 1. The predicted molar refractivity (Wildman–Crippen MR) is 74.4 cm³/mol. The molecule has 0 bridgehead atoms. The van der Waals surface area contributed by atoms with Gasteiger partial charge in [-0.05, 0) is 12.1 Å². The lowest BCUT2D eigenvalue weighted by Crippen LogP contribution is -2.63. The van der Waals surface area contributed by atoms with E-state index in [0.717, 1.165) is 4.90 Å². The van der Waals surface area contributed by atoms with Crippen molar-refractivity contribution in [2.24, 2.45) is 4.99 Å². The number of carbonyl (C=O) groups excluding carboxylic acids is 3. The lowest BCUT2D eigenvalue weighted by atomic mass is 10.1. The third kappa shape index (κ3) is 2.62. The van der Waals surface area contributed by atoms with E-state index in [2.05, 4.69) is 10.3 Å². The van der Waals surface area contributed by atoms with Gasteiger partial charge >= 0.3 is 6.03 Å². The molecule has 2 aliphatic rings. The van der Waals surface area contributed by atoms with Crippen LogP contribution in [0.3, 0.4) is 0 Å². The van der Waals surface area contributed by atoms with Crippen LogP contribution in [0.5, 0.6) is 0 Å². The number of rotatable bonds is 4. The zero-order valence-electron chi connectivity index (χ0n) is 12.2. The summed E-state index contributed by atoms with van der Waals surface area (Å²) in [6, 6.07) is 1.29. The van der Waals surface area contributed by atoms with Crippen LogP contribution in [0.25, 0.3) is 0 Å². The van der Waals surface area contributed by atoms with E-state index in [0.29, 0.717) is 5.76 Å². The molecule has 10 heteroatoms. The maximum absolute atomic E-state index is 13.6. The highest BCUT2D eigenvalue weighted by atomic mass is 19.2. The average molecular weight is 323 g/mol. The largest absolute Gasteiger partial charge is 0.467 e. The number of nitrogens with zero attached hydrogens (tertiary/aromatic N) is 4. The highest BCUT2D eigenvalue weighted by molar-refractivity contribution is 6.01. The summed E-state index contributed by atoms with van der Waals surface area (Å²) in [6.45, 7) is 0.0134. The number of hydrogen-bond acceptors (Lipinski definition) is 6. The van der Waals surface area contributed by atoms with Crippen LogP contribution in [0, 0.1) is 0 Å². The fourth-order valence-electron chi connectivity index (χ4n) is 2.48. The second-order valence-electron chi connectivity index (χ2n) is 5.16. The Morgan fingerprint density at radius 1 is 1.48 bits per heavy atom. The van der Waals surface area contributed by atoms with Crippen LogP contribution in [0.15, 0.2) is 27.8 Å². The Hall–Kier alpha value is -2.91. The number of imide groups is 1. The van der Waals surface area contributed by atoms with Gasteiger partial charge in [0.1, 0.15) is 5.76 Å². The molecule has 0 radical (unpaired) electrons. The molecule has 1 aromatic heterocycles. The van der Waals surface area contributed by atoms with E-state index in [-0.39, 0.29) is 19.0 Å². The number of urea groups is 1. The molecule has 23 heavy (non-hydrogen) atoms. The molecule has 0 spiro atoms. The molecule has 0 saturated carbocycles. The Labute approximate surface area is 130 Å². The summed E-state index contributed by atoms with van der Waals surface area (Å²) in [6.07, 6.45) is 1.94. The summed E-state index contributed by atoms with van der Waals surface area (Å²) < 4.78 is 18.7. The van der Waals surface area contributed by atoms with Gasteiger partial charge in [0.25, 0.3) is 5.91 Å². The molecule has 122 valence electrons. The van der Waals surface area contributed by atoms with Gasteiger partial charge in [0, 0.05) is 7.05 Å². The monoisotopic (exact) mass is 323 g/mol. The van der Waals surface area contributed by atoms with E-state index in [1.54, 1.807) is 12.1 Å². The summed E-state index contributed by atoms with van der Waals surface area (Å²) in [5.41, 5.74) is 0. The van der Waals surface area contributed by atoms with Crippen molar-refractivity contribution >= 4 is 24.2 Å². The minimum atomic E-state index is -1.07. The number of carbonyl (C=O) groups is 3. The standard InChI is InChI=1S/C13H14FN5O4/c1-17-11-10(12(21)19(14)13(17)22)18(7-16-11)6-9(20)15-5-8-3-2-4-23-8/h2-4,7,10-11H,5-6H2,1H3,(H,15,20). The second-order valence-corrected chi connectivity index (χ2v) is 5.16. The molecule has 2 atom stereocenters. The van der Waals surface area contributed by atoms with Gasteiger partial charge in [-0.3, -0.25) is 9.59 Å². The zero-order chi connectivity index (χ0) is 16.6. The van der Waals surface area contributed by atoms with Crippen molar-refractivity contribution in [1.29, 1.82) is 0 Å². The number of amides is 4. The van der Waals surface area contributed by atoms with Crippen molar-refractivity contribution < 1.29 is 23.3 Å². The van der Waals surface area contributed by atoms with Crippen molar-refractivity contribution in [3.8, 4) is 0 Å². The van der Waals surface area contributed by atoms with Crippen LogP contribution in [-0.4, -0.2) is 64.9 Å². The molecule has 1 saturated heterocycles. The molecule has 2 unspecified atom stereocenters. The fourth-order valence-corrected chi connectivity index (χ4v) is 2.48. The second kappa shape index (κ2) is 5.71.